The van der Waals surface area contributed by atoms with Crippen LogP contribution in [0.4, 0.5) is 11.4 Å². The molecule has 0 aliphatic carbocycles. The van der Waals surface area contributed by atoms with E-state index in [1.54, 1.807) is 99.8 Å². The number of hydrogen-bond donors (Lipinski definition) is 1. The van der Waals surface area contributed by atoms with Gasteiger partial charge in [-0.05, 0) is 93.1 Å². The van der Waals surface area contributed by atoms with Gasteiger partial charge in [0.15, 0.2) is 6.61 Å². The van der Waals surface area contributed by atoms with E-state index in [0.29, 0.717) is 46.5 Å². The summed E-state index contributed by atoms with van der Waals surface area (Å²) < 4.78 is 21.5. The SMILES string of the molecule is CCOC(=O)C1=C(C)N(c2ccc(OCC)cc2)C(=O)/C1=C\c1ccc(OCC(=O)Nc2ccc(OC)cc2)cc1. The largest absolute Gasteiger partial charge is 0.497 e. The zero-order chi connectivity index (χ0) is 29.4. The van der Waals surface area contributed by atoms with Crippen LogP contribution in [0.3, 0.4) is 0 Å². The summed E-state index contributed by atoms with van der Waals surface area (Å²) in [6, 6.07) is 21.0. The topological polar surface area (TPSA) is 103 Å². The summed E-state index contributed by atoms with van der Waals surface area (Å²) in [6.07, 6.45) is 1.65. The summed E-state index contributed by atoms with van der Waals surface area (Å²) in [4.78, 5) is 40.3. The molecule has 3 aromatic rings. The van der Waals surface area contributed by atoms with Crippen LogP contribution in [0, 0.1) is 0 Å². The van der Waals surface area contributed by atoms with Crippen LogP contribution in [0.1, 0.15) is 26.3 Å². The van der Waals surface area contributed by atoms with Gasteiger partial charge in [0.2, 0.25) is 0 Å². The molecule has 0 aromatic heterocycles. The Balaban J connectivity index is 1.49. The molecule has 4 rings (SSSR count). The average Bonchev–Trinajstić information content (AvgIpc) is 3.22. The second kappa shape index (κ2) is 13.3. The highest BCUT2D eigenvalue weighted by atomic mass is 16.5. The second-order valence-corrected chi connectivity index (χ2v) is 8.94. The number of allylic oxidation sites excluding steroid dienone is 1. The van der Waals surface area contributed by atoms with Gasteiger partial charge in [-0.15, -0.1) is 0 Å². The van der Waals surface area contributed by atoms with Crippen LogP contribution in [0.15, 0.2) is 89.6 Å². The normalized spacial score (nSPS) is 13.8. The first-order valence-corrected chi connectivity index (χ1v) is 13.2. The first-order valence-electron chi connectivity index (χ1n) is 13.2. The van der Waals surface area contributed by atoms with Crippen LogP contribution in [0.5, 0.6) is 17.2 Å². The molecule has 0 unspecified atom stereocenters. The van der Waals surface area contributed by atoms with Crippen molar-refractivity contribution in [1.29, 1.82) is 0 Å². The van der Waals surface area contributed by atoms with Crippen LogP contribution in [0.2, 0.25) is 0 Å². The number of nitrogens with one attached hydrogen (secondary N) is 1. The molecule has 2 amide bonds. The number of nitrogens with zero attached hydrogens (tertiary/aromatic N) is 1. The van der Waals surface area contributed by atoms with Crippen molar-refractivity contribution in [2.24, 2.45) is 0 Å². The molecule has 0 bridgehead atoms. The van der Waals surface area contributed by atoms with Gasteiger partial charge in [-0.3, -0.25) is 14.5 Å². The van der Waals surface area contributed by atoms with Crippen molar-refractivity contribution in [2.75, 3.05) is 37.1 Å². The summed E-state index contributed by atoms with van der Waals surface area (Å²) in [6.45, 7) is 5.85. The Morgan fingerprint density at radius 2 is 1.44 bits per heavy atom. The lowest BCUT2D eigenvalue weighted by atomic mass is 10.0. The van der Waals surface area contributed by atoms with Crippen LogP contribution in [-0.2, 0) is 19.1 Å². The Morgan fingerprint density at radius 3 is 2.05 bits per heavy atom. The van der Waals surface area contributed by atoms with Gasteiger partial charge in [0.25, 0.3) is 11.8 Å². The minimum Gasteiger partial charge on any atom is -0.497 e. The lowest BCUT2D eigenvalue weighted by Crippen LogP contribution is -2.24. The molecular formula is C32H32N2O7. The number of carbonyl (C=O) groups excluding carboxylic acids is 3. The van der Waals surface area contributed by atoms with E-state index in [2.05, 4.69) is 5.32 Å². The molecule has 1 heterocycles. The van der Waals surface area contributed by atoms with E-state index in [4.69, 9.17) is 18.9 Å². The van der Waals surface area contributed by atoms with Gasteiger partial charge >= 0.3 is 5.97 Å². The quantitative estimate of drug-likeness (QED) is 0.250. The molecule has 9 nitrogen and oxygen atoms in total. The van der Waals surface area contributed by atoms with Crippen molar-refractivity contribution < 1.29 is 33.3 Å². The van der Waals surface area contributed by atoms with Crippen molar-refractivity contribution in [3.8, 4) is 17.2 Å². The number of carbonyl (C=O) groups is 3. The van der Waals surface area contributed by atoms with Crippen LogP contribution >= 0.6 is 0 Å². The maximum Gasteiger partial charge on any atom is 0.340 e. The molecule has 0 radical (unpaired) electrons. The van der Waals surface area contributed by atoms with Gasteiger partial charge in [-0.1, -0.05) is 12.1 Å². The Morgan fingerprint density at radius 1 is 0.829 bits per heavy atom. The molecule has 0 saturated heterocycles. The fourth-order valence-electron chi connectivity index (χ4n) is 4.30. The second-order valence-electron chi connectivity index (χ2n) is 8.94. The first-order chi connectivity index (χ1) is 19.8. The molecule has 0 saturated carbocycles. The number of rotatable bonds is 11. The summed E-state index contributed by atoms with van der Waals surface area (Å²) in [5.41, 5.74) is 2.82. The Hall–Kier alpha value is -5.05. The molecular weight excluding hydrogens is 524 g/mol. The standard InChI is InChI=1S/C32H32N2O7/c1-5-39-26-17-11-24(12-18-26)34-21(3)30(32(37)40-6-2)28(31(34)36)19-22-7-13-27(14-8-22)41-20-29(35)33-23-9-15-25(38-4)16-10-23/h7-19H,5-6,20H2,1-4H3,(H,33,35)/b28-19-. The number of hydrogen-bond acceptors (Lipinski definition) is 7. The maximum absolute atomic E-state index is 13.6. The van der Waals surface area contributed by atoms with Crippen LogP contribution < -0.4 is 24.4 Å². The third-order valence-corrected chi connectivity index (χ3v) is 6.22. The molecule has 1 N–H and O–H groups in total. The predicted octanol–water partition coefficient (Wildman–Crippen LogP) is 5.38. The van der Waals surface area contributed by atoms with Gasteiger partial charge in [0.05, 0.1) is 31.5 Å². The van der Waals surface area contributed by atoms with Gasteiger partial charge in [-0.2, -0.15) is 0 Å². The lowest BCUT2D eigenvalue weighted by molar-refractivity contribution is -0.138. The fourth-order valence-corrected chi connectivity index (χ4v) is 4.30. The molecule has 9 heteroatoms. The molecule has 1 aliphatic heterocycles. The molecule has 0 fully saturated rings. The molecule has 1 aliphatic rings. The van der Waals surface area contributed by atoms with E-state index in [1.165, 1.54) is 4.90 Å². The third-order valence-electron chi connectivity index (χ3n) is 6.22. The summed E-state index contributed by atoms with van der Waals surface area (Å²) >= 11 is 0. The fraction of sp³-hybridized carbons (Fsp3) is 0.219. The van der Waals surface area contributed by atoms with Crippen LogP contribution in [0.25, 0.3) is 6.08 Å². The van der Waals surface area contributed by atoms with Crippen molar-refractivity contribution in [3.63, 3.8) is 0 Å². The van der Waals surface area contributed by atoms with Gasteiger partial charge in [0.1, 0.15) is 17.2 Å². The van der Waals surface area contributed by atoms with Crippen molar-refractivity contribution in [1.82, 2.24) is 0 Å². The van der Waals surface area contributed by atoms with Crippen molar-refractivity contribution in [3.05, 3.63) is 95.2 Å². The van der Waals surface area contributed by atoms with E-state index in [9.17, 15) is 14.4 Å². The minimum absolute atomic E-state index is 0.179. The number of anilines is 2. The van der Waals surface area contributed by atoms with E-state index >= 15 is 0 Å². The highest BCUT2D eigenvalue weighted by Crippen LogP contribution is 2.36. The van der Waals surface area contributed by atoms with Gasteiger partial charge in [0, 0.05) is 17.1 Å². The van der Waals surface area contributed by atoms with E-state index in [1.807, 2.05) is 6.92 Å². The Labute approximate surface area is 239 Å². The number of methoxy groups -OCH3 is 1. The predicted molar refractivity (Wildman–Crippen MR) is 156 cm³/mol. The monoisotopic (exact) mass is 556 g/mol. The lowest BCUT2D eigenvalue weighted by Gasteiger charge is -2.18. The zero-order valence-electron chi connectivity index (χ0n) is 23.4. The highest BCUT2D eigenvalue weighted by Gasteiger charge is 2.38. The first kappa shape index (κ1) is 28.9. The zero-order valence-corrected chi connectivity index (χ0v) is 23.4. The van der Waals surface area contributed by atoms with E-state index in [-0.39, 0.29) is 36.2 Å². The third kappa shape index (κ3) is 6.94. The minimum atomic E-state index is -0.569. The average molecular weight is 557 g/mol. The molecule has 41 heavy (non-hydrogen) atoms. The van der Waals surface area contributed by atoms with Gasteiger partial charge in [-0.25, -0.2) is 4.79 Å². The molecule has 212 valence electrons. The van der Waals surface area contributed by atoms with Crippen molar-refractivity contribution in [2.45, 2.75) is 20.8 Å². The molecule has 0 atom stereocenters. The molecule has 0 spiro atoms. The Bertz CT molecular complexity index is 1460. The summed E-state index contributed by atoms with van der Waals surface area (Å²) in [5, 5.41) is 2.76. The number of benzene rings is 3. The number of amides is 2. The number of ether oxygens (including phenoxy) is 4. The smallest absolute Gasteiger partial charge is 0.340 e. The van der Waals surface area contributed by atoms with Crippen LogP contribution in [-0.4, -0.2) is 44.7 Å². The Kier molecular flexibility index (Phi) is 9.42. The molecule has 3 aromatic carbocycles. The van der Waals surface area contributed by atoms with E-state index < -0.39 is 5.97 Å². The van der Waals surface area contributed by atoms with Crippen molar-refractivity contribution >= 4 is 35.2 Å². The maximum atomic E-state index is 13.6. The highest BCUT2D eigenvalue weighted by molar-refractivity contribution is 6.23. The summed E-state index contributed by atoms with van der Waals surface area (Å²) in [5.74, 6) is 0.630. The number of esters is 1. The van der Waals surface area contributed by atoms with Gasteiger partial charge < -0.3 is 24.3 Å². The summed E-state index contributed by atoms with van der Waals surface area (Å²) in [7, 11) is 1.57. The van der Waals surface area contributed by atoms with E-state index in [0.717, 1.165) is 0 Å².